The lowest BCUT2D eigenvalue weighted by atomic mass is 10.0. The fourth-order valence-corrected chi connectivity index (χ4v) is 2.54. The van der Waals surface area contributed by atoms with Crippen LogP contribution in [0.15, 0.2) is 36.4 Å². The molecule has 0 aliphatic carbocycles. The zero-order chi connectivity index (χ0) is 12.2. The van der Waals surface area contributed by atoms with Crippen molar-refractivity contribution >= 4 is 22.1 Å². The van der Waals surface area contributed by atoms with Gasteiger partial charge in [0.15, 0.2) is 0 Å². The van der Waals surface area contributed by atoms with Gasteiger partial charge in [-0.05, 0) is 17.5 Å². The van der Waals surface area contributed by atoms with Gasteiger partial charge in [0.25, 0.3) is 0 Å². The second-order valence-electron chi connectivity index (χ2n) is 4.74. The van der Waals surface area contributed by atoms with Crippen molar-refractivity contribution in [2.45, 2.75) is 12.8 Å². The zero-order valence-electron chi connectivity index (χ0n) is 10.3. The molecule has 88 valence electrons. The minimum absolute atomic E-state index is 0.997. The monoisotopic (exact) mass is 228 g/mol. The predicted molar refractivity (Wildman–Crippen MR) is 71.4 cm³/mol. The zero-order valence-corrected chi connectivity index (χ0v) is 10.3. The quantitative estimate of drug-likeness (QED) is 0.750. The SMILES string of the molecule is CN1c2cccc3cccc(c23)N(C)C1(C)O. The fraction of sp³-hybridized carbons (Fsp3) is 0.286. The smallest absolute Gasteiger partial charge is 0.215 e. The number of nitrogens with zero attached hydrogens (tertiary/aromatic N) is 2. The van der Waals surface area contributed by atoms with Gasteiger partial charge in [-0.25, -0.2) is 0 Å². The van der Waals surface area contributed by atoms with Crippen LogP contribution in [0.25, 0.3) is 10.8 Å². The standard InChI is InChI=1S/C14H16N2O/c1-14(17)15(2)11-8-4-6-10-7-5-9-12(13(10)11)16(14)3/h4-9,17H,1-3H3. The van der Waals surface area contributed by atoms with Crippen molar-refractivity contribution in [3.05, 3.63) is 36.4 Å². The summed E-state index contributed by atoms with van der Waals surface area (Å²) in [7, 11) is 3.84. The van der Waals surface area contributed by atoms with E-state index in [1.807, 2.05) is 55.1 Å². The van der Waals surface area contributed by atoms with Crippen molar-refractivity contribution in [1.82, 2.24) is 0 Å². The molecular formula is C14H16N2O. The molecule has 0 bridgehead atoms. The Balaban J connectivity index is 2.44. The van der Waals surface area contributed by atoms with E-state index in [1.165, 1.54) is 10.8 Å². The summed E-state index contributed by atoms with van der Waals surface area (Å²) < 4.78 is 0. The average molecular weight is 228 g/mol. The lowest BCUT2D eigenvalue weighted by Crippen LogP contribution is -2.58. The van der Waals surface area contributed by atoms with E-state index in [0.29, 0.717) is 0 Å². The van der Waals surface area contributed by atoms with Crippen LogP contribution in [-0.4, -0.2) is 25.1 Å². The van der Waals surface area contributed by atoms with Crippen LogP contribution in [0.1, 0.15) is 6.92 Å². The van der Waals surface area contributed by atoms with Gasteiger partial charge in [0, 0.05) is 26.4 Å². The van der Waals surface area contributed by atoms with Crippen LogP contribution in [0.4, 0.5) is 11.4 Å². The number of aliphatic hydroxyl groups is 1. The normalized spacial score (nSPS) is 17.6. The van der Waals surface area contributed by atoms with Gasteiger partial charge in [0.1, 0.15) is 0 Å². The molecule has 2 aromatic rings. The molecule has 0 radical (unpaired) electrons. The molecule has 0 amide bonds. The molecule has 0 spiro atoms. The Bertz CT molecular complexity index is 545. The molecule has 1 heterocycles. The first-order chi connectivity index (χ1) is 8.03. The molecule has 1 aliphatic rings. The van der Waals surface area contributed by atoms with Crippen LogP contribution in [0.2, 0.25) is 0 Å². The van der Waals surface area contributed by atoms with Gasteiger partial charge in [-0.1, -0.05) is 24.3 Å². The van der Waals surface area contributed by atoms with E-state index >= 15 is 0 Å². The van der Waals surface area contributed by atoms with Crippen molar-refractivity contribution in [1.29, 1.82) is 0 Å². The van der Waals surface area contributed by atoms with E-state index in [1.54, 1.807) is 0 Å². The molecule has 3 nitrogen and oxygen atoms in total. The molecule has 3 heteroatoms. The van der Waals surface area contributed by atoms with E-state index < -0.39 is 5.85 Å². The molecule has 2 aromatic carbocycles. The summed E-state index contributed by atoms with van der Waals surface area (Å²) in [6.07, 6.45) is 0. The average Bonchev–Trinajstić information content (AvgIpc) is 2.34. The van der Waals surface area contributed by atoms with Crippen LogP contribution >= 0.6 is 0 Å². The molecule has 0 aromatic heterocycles. The topological polar surface area (TPSA) is 26.7 Å². The molecule has 0 fully saturated rings. The van der Waals surface area contributed by atoms with E-state index in [9.17, 15) is 5.11 Å². The largest absolute Gasteiger partial charge is 0.354 e. The summed E-state index contributed by atoms with van der Waals surface area (Å²) in [5.74, 6) is -0.997. The minimum atomic E-state index is -0.997. The third-order valence-electron chi connectivity index (χ3n) is 3.85. The van der Waals surface area contributed by atoms with Crippen molar-refractivity contribution in [3.63, 3.8) is 0 Å². The summed E-state index contributed by atoms with van der Waals surface area (Å²) >= 11 is 0. The van der Waals surface area contributed by atoms with Gasteiger partial charge in [0.2, 0.25) is 5.85 Å². The van der Waals surface area contributed by atoms with E-state index in [2.05, 4.69) is 12.1 Å². The first-order valence-corrected chi connectivity index (χ1v) is 5.75. The molecule has 1 aliphatic heterocycles. The van der Waals surface area contributed by atoms with Gasteiger partial charge >= 0.3 is 0 Å². The van der Waals surface area contributed by atoms with Crippen LogP contribution in [0, 0.1) is 0 Å². The highest BCUT2D eigenvalue weighted by atomic mass is 16.3. The Kier molecular flexibility index (Phi) is 1.92. The third kappa shape index (κ3) is 1.20. The number of benzene rings is 2. The Morgan fingerprint density at radius 2 is 1.41 bits per heavy atom. The fourth-order valence-electron chi connectivity index (χ4n) is 2.54. The van der Waals surface area contributed by atoms with Gasteiger partial charge in [-0.15, -0.1) is 0 Å². The maximum absolute atomic E-state index is 10.6. The van der Waals surface area contributed by atoms with Crippen molar-refractivity contribution in [2.24, 2.45) is 0 Å². The van der Waals surface area contributed by atoms with Crippen LogP contribution in [0.3, 0.4) is 0 Å². The molecule has 1 N–H and O–H groups in total. The molecule has 3 rings (SSSR count). The van der Waals surface area contributed by atoms with Crippen molar-refractivity contribution < 1.29 is 5.11 Å². The van der Waals surface area contributed by atoms with Crippen LogP contribution in [-0.2, 0) is 0 Å². The lowest BCUT2D eigenvalue weighted by Gasteiger charge is -2.47. The second kappa shape index (κ2) is 3.14. The molecular weight excluding hydrogens is 212 g/mol. The Labute approximate surface area is 101 Å². The lowest BCUT2D eigenvalue weighted by molar-refractivity contribution is 0.0610. The first-order valence-electron chi connectivity index (χ1n) is 5.75. The first kappa shape index (κ1) is 10.4. The number of anilines is 2. The van der Waals surface area contributed by atoms with Crippen LogP contribution in [0.5, 0.6) is 0 Å². The van der Waals surface area contributed by atoms with Crippen molar-refractivity contribution in [3.8, 4) is 0 Å². The molecule has 0 unspecified atom stereocenters. The van der Waals surface area contributed by atoms with Crippen LogP contribution < -0.4 is 9.80 Å². The molecule has 0 atom stereocenters. The molecule has 17 heavy (non-hydrogen) atoms. The number of hydrogen-bond acceptors (Lipinski definition) is 3. The summed E-state index contributed by atoms with van der Waals surface area (Å²) in [5.41, 5.74) is 2.14. The van der Waals surface area contributed by atoms with Gasteiger partial charge in [0.05, 0.1) is 11.4 Å². The Morgan fingerprint density at radius 1 is 0.941 bits per heavy atom. The van der Waals surface area contributed by atoms with E-state index in [4.69, 9.17) is 0 Å². The van der Waals surface area contributed by atoms with E-state index in [0.717, 1.165) is 11.4 Å². The summed E-state index contributed by atoms with van der Waals surface area (Å²) in [6.45, 7) is 1.81. The van der Waals surface area contributed by atoms with Gasteiger partial charge in [-0.2, -0.15) is 0 Å². The maximum atomic E-state index is 10.6. The second-order valence-corrected chi connectivity index (χ2v) is 4.74. The van der Waals surface area contributed by atoms with Gasteiger partial charge in [-0.3, -0.25) is 0 Å². The summed E-state index contributed by atoms with van der Waals surface area (Å²) in [5, 5.41) is 13.0. The van der Waals surface area contributed by atoms with E-state index in [-0.39, 0.29) is 0 Å². The maximum Gasteiger partial charge on any atom is 0.215 e. The molecule has 0 saturated heterocycles. The number of hydrogen-bond donors (Lipinski definition) is 1. The predicted octanol–water partition coefficient (Wildman–Crippen LogP) is 2.39. The summed E-state index contributed by atoms with van der Waals surface area (Å²) in [4.78, 5) is 3.81. The summed E-state index contributed by atoms with van der Waals surface area (Å²) in [6, 6.07) is 12.4. The van der Waals surface area contributed by atoms with Gasteiger partial charge < -0.3 is 14.9 Å². The number of rotatable bonds is 0. The highest BCUT2D eigenvalue weighted by molar-refractivity contribution is 6.05. The Hall–Kier alpha value is -1.74. The minimum Gasteiger partial charge on any atom is -0.354 e. The highest BCUT2D eigenvalue weighted by Gasteiger charge is 2.37. The van der Waals surface area contributed by atoms with Crippen molar-refractivity contribution in [2.75, 3.05) is 23.9 Å². The Morgan fingerprint density at radius 3 is 1.88 bits per heavy atom. The molecule has 0 saturated carbocycles. The third-order valence-corrected chi connectivity index (χ3v) is 3.85. The highest BCUT2D eigenvalue weighted by Crippen LogP contribution is 2.42.